The van der Waals surface area contributed by atoms with E-state index in [1.165, 1.54) is 6.08 Å². The molecule has 1 aromatic rings. The zero-order chi connectivity index (χ0) is 8.97. The van der Waals surface area contributed by atoms with Gasteiger partial charge in [0.2, 0.25) is 0 Å². The molecule has 60 valence electrons. The highest BCUT2D eigenvalue weighted by atomic mass is 35.5. The van der Waals surface area contributed by atoms with E-state index in [0.29, 0.717) is 5.02 Å². The molecule has 0 unspecified atom stereocenters. The second-order valence-corrected chi connectivity index (χ2v) is 2.84. The summed E-state index contributed by atoms with van der Waals surface area (Å²) in [7, 11) is 0. The van der Waals surface area contributed by atoms with E-state index in [1.807, 2.05) is 37.3 Å². The number of benzene rings is 1. The third-order valence-electron chi connectivity index (χ3n) is 1.58. The highest BCUT2D eigenvalue weighted by molar-refractivity contribution is 6.32. The van der Waals surface area contributed by atoms with Crippen LogP contribution in [0.2, 0.25) is 5.02 Å². The molecule has 2 heteroatoms. The second-order valence-electron chi connectivity index (χ2n) is 2.44. The molecule has 0 N–H and O–H groups in total. The molecule has 1 nitrogen and oxygen atoms in total. The zero-order valence-corrected chi connectivity index (χ0v) is 7.47. The highest BCUT2D eigenvalue weighted by Gasteiger charge is 1.99. The summed E-state index contributed by atoms with van der Waals surface area (Å²) >= 11 is 5.90. The first-order valence-corrected chi connectivity index (χ1v) is 3.95. The van der Waals surface area contributed by atoms with Crippen LogP contribution in [0.25, 0.3) is 5.57 Å². The van der Waals surface area contributed by atoms with Crippen LogP contribution in [0.4, 0.5) is 0 Å². The van der Waals surface area contributed by atoms with Crippen molar-refractivity contribution in [2.24, 2.45) is 0 Å². The summed E-state index contributed by atoms with van der Waals surface area (Å²) in [5.74, 6) is 0. The van der Waals surface area contributed by atoms with Gasteiger partial charge in [-0.3, -0.25) is 0 Å². The van der Waals surface area contributed by atoms with Gasteiger partial charge in [0.15, 0.2) is 0 Å². The Hall–Kier alpha value is -1.26. The lowest BCUT2D eigenvalue weighted by Crippen LogP contribution is -1.79. The molecular weight excluding hydrogens is 170 g/mol. The van der Waals surface area contributed by atoms with Gasteiger partial charge in [-0.25, -0.2) is 0 Å². The van der Waals surface area contributed by atoms with Gasteiger partial charge in [0.25, 0.3) is 0 Å². The Morgan fingerprint density at radius 2 is 2.17 bits per heavy atom. The lowest BCUT2D eigenvalue weighted by molar-refractivity contribution is 1.52. The quantitative estimate of drug-likeness (QED) is 0.604. The molecule has 0 fully saturated rings. The molecule has 0 heterocycles. The zero-order valence-electron chi connectivity index (χ0n) is 6.71. The van der Waals surface area contributed by atoms with Gasteiger partial charge in [-0.1, -0.05) is 29.8 Å². The number of hydrogen-bond donors (Lipinski definition) is 0. The molecule has 0 aliphatic rings. The average Bonchev–Trinajstić information content (AvgIpc) is 2.05. The molecule has 0 aromatic heterocycles. The maximum atomic E-state index is 8.42. The van der Waals surface area contributed by atoms with Crippen LogP contribution in [-0.4, -0.2) is 0 Å². The van der Waals surface area contributed by atoms with E-state index in [4.69, 9.17) is 16.9 Å². The van der Waals surface area contributed by atoms with Gasteiger partial charge in [0, 0.05) is 11.1 Å². The lowest BCUT2D eigenvalue weighted by Gasteiger charge is -2.01. The van der Waals surface area contributed by atoms with Crippen LogP contribution in [0.15, 0.2) is 30.3 Å². The molecule has 0 radical (unpaired) electrons. The van der Waals surface area contributed by atoms with Gasteiger partial charge in [0.05, 0.1) is 6.07 Å². The third kappa shape index (κ3) is 1.87. The van der Waals surface area contributed by atoms with Crippen molar-refractivity contribution in [1.29, 1.82) is 5.26 Å². The first kappa shape index (κ1) is 8.83. The summed E-state index contributed by atoms with van der Waals surface area (Å²) in [5.41, 5.74) is 1.81. The van der Waals surface area contributed by atoms with Crippen molar-refractivity contribution >= 4 is 17.2 Å². The third-order valence-corrected chi connectivity index (χ3v) is 1.91. The largest absolute Gasteiger partial charge is 0.193 e. The summed E-state index contributed by atoms with van der Waals surface area (Å²) in [4.78, 5) is 0. The molecular formula is C10H8ClN. The summed E-state index contributed by atoms with van der Waals surface area (Å²) < 4.78 is 0. The van der Waals surface area contributed by atoms with Crippen molar-refractivity contribution in [3.8, 4) is 6.07 Å². The molecule has 0 saturated carbocycles. The fraction of sp³-hybridized carbons (Fsp3) is 0.100. The highest BCUT2D eigenvalue weighted by Crippen LogP contribution is 2.22. The normalized spacial score (nSPS) is 10.9. The smallest absolute Gasteiger partial charge is 0.0915 e. The van der Waals surface area contributed by atoms with Crippen molar-refractivity contribution in [2.45, 2.75) is 6.92 Å². The fourth-order valence-electron chi connectivity index (χ4n) is 0.956. The predicted molar refractivity (Wildman–Crippen MR) is 50.7 cm³/mol. The number of allylic oxidation sites excluding steroid dienone is 2. The SMILES string of the molecule is C/C(=C\C#N)c1ccccc1Cl. The van der Waals surface area contributed by atoms with Crippen molar-refractivity contribution in [2.75, 3.05) is 0 Å². The van der Waals surface area contributed by atoms with Crippen LogP contribution in [-0.2, 0) is 0 Å². The van der Waals surface area contributed by atoms with E-state index in [0.717, 1.165) is 11.1 Å². The predicted octanol–water partition coefficient (Wildman–Crippen LogP) is 3.27. The molecule has 0 saturated heterocycles. The molecule has 0 spiro atoms. The molecule has 1 aromatic carbocycles. The van der Waals surface area contributed by atoms with Gasteiger partial charge in [-0.05, 0) is 24.1 Å². The summed E-state index contributed by atoms with van der Waals surface area (Å²) in [6.07, 6.45) is 1.49. The summed E-state index contributed by atoms with van der Waals surface area (Å²) in [6.45, 7) is 1.87. The van der Waals surface area contributed by atoms with E-state index < -0.39 is 0 Å². The minimum Gasteiger partial charge on any atom is -0.193 e. The molecule has 0 aliphatic carbocycles. The maximum absolute atomic E-state index is 8.42. The number of nitriles is 1. The Labute approximate surface area is 76.9 Å². The van der Waals surface area contributed by atoms with Crippen LogP contribution in [0.3, 0.4) is 0 Å². The van der Waals surface area contributed by atoms with Gasteiger partial charge in [-0.15, -0.1) is 0 Å². The van der Waals surface area contributed by atoms with Crippen molar-refractivity contribution in [3.05, 3.63) is 40.9 Å². The molecule has 0 aliphatic heterocycles. The van der Waals surface area contributed by atoms with Gasteiger partial charge >= 0.3 is 0 Å². The summed E-state index contributed by atoms with van der Waals surface area (Å²) in [6, 6.07) is 9.44. The number of nitrogens with zero attached hydrogens (tertiary/aromatic N) is 1. The Kier molecular flexibility index (Phi) is 2.90. The van der Waals surface area contributed by atoms with Crippen molar-refractivity contribution in [3.63, 3.8) is 0 Å². The van der Waals surface area contributed by atoms with Crippen LogP contribution >= 0.6 is 11.6 Å². The fourth-order valence-corrected chi connectivity index (χ4v) is 1.24. The Bertz CT molecular complexity index is 347. The number of rotatable bonds is 1. The minimum absolute atomic E-state index is 0.682. The Balaban J connectivity index is 3.13. The van der Waals surface area contributed by atoms with Crippen LogP contribution in [0.5, 0.6) is 0 Å². The summed E-state index contributed by atoms with van der Waals surface area (Å²) in [5, 5.41) is 9.10. The Morgan fingerprint density at radius 1 is 1.50 bits per heavy atom. The van der Waals surface area contributed by atoms with Gasteiger partial charge in [0.1, 0.15) is 0 Å². The topological polar surface area (TPSA) is 23.8 Å². The standard InChI is InChI=1S/C10H8ClN/c1-8(6-7-12)9-4-2-3-5-10(9)11/h2-6H,1H3/b8-6+. The molecule has 12 heavy (non-hydrogen) atoms. The number of halogens is 1. The van der Waals surface area contributed by atoms with E-state index >= 15 is 0 Å². The Morgan fingerprint density at radius 3 is 2.75 bits per heavy atom. The second kappa shape index (κ2) is 3.94. The lowest BCUT2D eigenvalue weighted by atomic mass is 10.1. The first-order valence-electron chi connectivity index (χ1n) is 3.57. The molecule has 1 rings (SSSR count). The van der Waals surface area contributed by atoms with E-state index in [-0.39, 0.29) is 0 Å². The average molecular weight is 178 g/mol. The maximum Gasteiger partial charge on any atom is 0.0915 e. The van der Waals surface area contributed by atoms with E-state index in [9.17, 15) is 0 Å². The van der Waals surface area contributed by atoms with E-state index in [1.54, 1.807) is 0 Å². The monoisotopic (exact) mass is 177 g/mol. The van der Waals surface area contributed by atoms with Crippen molar-refractivity contribution < 1.29 is 0 Å². The minimum atomic E-state index is 0.682. The molecule has 0 bridgehead atoms. The van der Waals surface area contributed by atoms with Crippen LogP contribution in [0, 0.1) is 11.3 Å². The van der Waals surface area contributed by atoms with E-state index in [2.05, 4.69) is 0 Å². The van der Waals surface area contributed by atoms with Gasteiger partial charge < -0.3 is 0 Å². The molecule has 0 atom stereocenters. The van der Waals surface area contributed by atoms with Crippen LogP contribution in [0.1, 0.15) is 12.5 Å². The first-order chi connectivity index (χ1) is 5.75. The van der Waals surface area contributed by atoms with Crippen LogP contribution < -0.4 is 0 Å². The van der Waals surface area contributed by atoms with Crippen molar-refractivity contribution in [1.82, 2.24) is 0 Å². The number of hydrogen-bond acceptors (Lipinski definition) is 1. The van der Waals surface area contributed by atoms with Gasteiger partial charge in [-0.2, -0.15) is 5.26 Å². The molecule has 0 amide bonds.